The molecule has 1 rings (SSSR count). The third kappa shape index (κ3) is 2.16. The summed E-state index contributed by atoms with van der Waals surface area (Å²) in [5.41, 5.74) is 8.14. The number of aliphatic carboxylic acids is 1. The van der Waals surface area contributed by atoms with Gasteiger partial charge < -0.3 is 15.7 Å². The first-order valence-corrected chi connectivity index (χ1v) is 4.30. The summed E-state index contributed by atoms with van der Waals surface area (Å²) in [6.45, 7) is 1.86. The van der Waals surface area contributed by atoms with Gasteiger partial charge >= 0.3 is 5.97 Å². The number of carboxylic acid groups (broad SMARTS) is 1. The zero-order valence-electron chi connectivity index (χ0n) is 8.32. The first kappa shape index (κ1) is 10.4. The highest BCUT2D eigenvalue weighted by Gasteiger charge is 2.10. The fourth-order valence-corrected chi connectivity index (χ4v) is 1.49. The van der Waals surface area contributed by atoms with E-state index in [1.54, 1.807) is 18.0 Å². The lowest BCUT2D eigenvalue weighted by molar-refractivity contribution is -0.135. The average Bonchev–Trinajstić information content (AvgIpc) is 2.01. The van der Waals surface area contributed by atoms with Gasteiger partial charge in [-0.3, -0.25) is 4.79 Å². The van der Waals surface area contributed by atoms with Crippen LogP contribution in [0, 0.1) is 6.92 Å². The van der Waals surface area contributed by atoms with E-state index in [0.29, 0.717) is 5.69 Å². The van der Waals surface area contributed by atoms with Gasteiger partial charge in [-0.25, -0.2) is 0 Å². The third-order valence-electron chi connectivity index (χ3n) is 2.02. The molecule has 0 aromatic heterocycles. The fraction of sp³-hybridized carbons (Fsp3) is 0.300. The number of hydrogen-bond donors (Lipinski definition) is 2. The Hall–Kier alpha value is -1.71. The Morgan fingerprint density at radius 2 is 2.21 bits per heavy atom. The Balaban J connectivity index is 2.99. The predicted octanol–water partition coefficient (Wildman–Crippen LogP) is 1.10. The number of likely N-dealkylation sites (N-methyl/N-ethyl adjacent to an activating group) is 1. The van der Waals surface area contributed by atoms with Crippen molar-refractivity contribution in [1.82, 2.24) is 0 Å². The Morgan fingerprint density at radius 1 is 1.57 bits per heavy atom. The van der Waals surface area contributed by atoms with Crippen LogP contribution in [0.25, 0.3) is 0 Å². The van der Waals surface area contributed by atoms with Gasteiger partial charge in [0.1, 0.15) is 6.54 Å². The number of carboxylic acids is 1. The van der Waals surface area contributed by atoms with Gasteiger partial charge in [0.05, 0.1) is 11.4 Å². The van der Waals surface area contributed by atoms with E-state index in [2.05, 4.69) is 0 Å². The molecule has 0 saturated carbocycles. The summed E-state index contributed by atoms with van der Waals surface area (Å²) in [7, 11) is 1.72. The summed E-state index contributed by atoms with van der Waals surface area (Å²) >= 11 is 0. The van der Waals surface area contributed by atoms with Crippen LogP contribution in [-0.2, 0) is 4.79 Å². The fourth-order valence-electron chi connectivity index (χ4n) is 1.49. The highest BCUT2D eigenvalue weighted by molar-refractivity contribution is 5.78. The molecule has 0 heterocycles. The molecule has 14 heavy (non-hydrogen) atoms. The van der Waals surface area contributed by atoms with Crippen LogP contribution in [0.4, 0.5) is 11.4 Å². The van der Waals surface area contributed by atoms with Crippen molar-refractivity contribution in [1.29, 1.82) is 0 Å². The van der Waals surface area contributed by atoms with E-state index < -0.39 is 5.97 Å². The van der Waals surface area contributed by atoms with Crippen LogP contribution in [-0.4, -0.2) is 24.7 Å². The predicted molar refractivity (Wildman–Crippen MR) is 56.5 cm³/mol. The van der Waals surface area contributed by atoms with Crippen LogP contribution < -0.4 is 10.6 Å². The second-order valence-electron chi connectivity index (χ2n) is 3.26. The Kier molecular flexibility index (Phi) is 2.96. The monoisotopic (exact) mass is 194 g/mol. The number of nitrogen functional groups attached to an aromatic ring is 1. The average molecular weight is 194 g/mol. The normalized spacial score (nSPS) is 9.86. The standard InChI is InChI=1S/C10H14N2O2/c1-7-4-3-5-8(11)10(7)12(2)6-9(13)14/h3-5H,6,11H2,1-2H3,(H,13,14). The molecular formula is C10H14N2O2. The van der Waals surface area contributed by atoms with Crippen LogP contribution in [0.5, 0.6) is 0 Å². The topological polar surface area (TPSA) is 66.6 Å². The molecule has 1 aromatic carbocycles. The summed E-state index contributed by atoms with van der Waals surface area (Å²) in [5.74, 6) is -0.866. The maximum Gasteiger partial charge on any atom is 0.323 e. The van der Waals surface area contributed by atoms with E-state index >= 15 is 0 Å². The maximum atomic E-state index is 10.5. The van der Waals surface area contributed by atoms with E-state index in [4.69, 9.17) is 10.8 Å². The zero-order chi connectivity index (χ0) is 10.7. The molecule has 0 aliphatic carbocycles. The molecule has 0 bridgehead atoms. The molecular weight excluding hydrogens is 180 g/mol. The minimum absolute atomic E-state index is 0.0466. The number of benzene rings is 1. The molecule has 3 N–H and O–H groups in total. The molecule has 4 nitrogen and oxygen atoms in total. The minimum atomic E-state index is -0.866. The second kappa shape index (κ2) is 4.00. The van der Waals surface area contributed by atoms with Gasteiger partial charge in [-0.2, -0.15) is 0 Å². The van der Waals surface area contributed by atoms with Crippen molar-refractivity contribution in [2.45, 2.75) is 6.92 Å². The summed E-state index contributed by atoms with van der Waals surface area (Å²) in [6, 6.07) is 5.52. The Labute approximate surface area is 82.9 Å². The number of carbonyl (C=O) groups is 1. The summed E-state index contributed by atoms with van der Waals surface area (Å²) in [5, 5.41) is 8.64. The summed E-state index contributed by atoms with van der Waals surface area (Å²) in [4.78, 5) is 12.2. The van der Waals surface area contributed by atoms with Crippen LogP contribution in [0.2, 0.25) is 0 Å². The first-order chi connectivity index (χ1) is 6.52. The van der Waals surface area contributed by atoms with E-state index in [1.807, 2.05) is 19.1 Å². The van der Waals surface area contributed by atoms with Gasteiger partial charge in [0.2, 0.25) is 0 Å². The third-order valence-corrected chi connectivity index (χ3v) is 2.02. The van der Waals surface area contributed by atoms with Crippen molar-refractivity contribution in [3.63, 3.8) is 0 Å². The largest absolute Gasteiger partial charge is 0.480 e. The van der Waals surface area contributed by atoms with Crippen LogP contribution in [0.1, 0.15) is 5.56 Å². The molecule has 4 heteroatoms. The van der Waals surface area contributed by atoms with Gasteiger partial charge in [0, 0.05) is 7.05 Å². The number of para-hydroxylation sites is 1. The molecule has 0 atom stereocenters. The Bertz CT molecular complexity index is 330. The molecule has 0 unspecified atom stereocenters. The SMILES string of the molecule is Cc1cccc(N)c1N(C)CC(=O)O. The highest BCUT2D eigenvalue weighted by Crippen LogP contribution is 2.25. The lowest BCUT2D eigenvalue weighted by atomic mass is 10.1. The van der Waals surface area contributed by atoms with Crippen LogP contribution in [0.3, 0.4) is 0 Å². The minimum Gasteiger partial charge on any atom is -0.480 e. The van der Waals surface area contributed by atoms with Crippen molar-refractivity contribution < 1.29 is 9.90 Å². The maximum absolute atomic E-state index is 10.5. The Morgan fingerprint density at radius 3 is 2.71 bits per heavy atom. The van der Waals surface area contributed by atoms with Crippen molar-refractivity contribution in [3.8, 4) is 0 Å². The van der Waals surface area contributed by atoms with Gasteiger partial charge in [-0.15, -0.1) is 0 Å². The lowest BCUT2D eigenvalue weighted by Crippen LogP contribution is -2.26. The number of nitrogens with zero attached hydrogens (tertiary/aromatic N) is 1. The number of rotatable bonds is 3. The molecule has 0 spiro atoms. The number of anilines is 2. The molecule has 76 valence electrons. The van der Waals surface area contributed by atoms with Gasteiger partial charge in [0.15, 0.2) is 0 Å². The molecule has 0 aliphatic rings. The van der Waals surface area contributed by atoms with E-state index in [0.717, 1.165) is 11.3 Å². The van der Waals surface area contributed by atoms with Crippen molar-refractivity contribution in [3.05, 3.63) is 23.8 Å². The van der Waals surface area contributed by atoms with Crippen molar-refractivity contribution >= 4 is 17.3 Å². The summed E-state index contributed by atoms with van der Waals surface area (Å²) in [6.07, 6.45) is 0. The smallest absolute Gasteiger partial charge is 0.323 e. The van der Waals surface area contributed by atoms with Gasteiger partial charge in [-0.05, 0) is 18.6 Å². The quantitative estimate of drug-likeness (QED) is 0.707. The number of hydrogen-bond acceptors (Lipinski definition) is 3. The molecule has 0 fully saturated rings. The summed E-state index contributed by atoms with van der Waals surface area (Å²) < 4.78 is 0. The molecule has 0 radical (unpaired) electrons. The van der Waals surface area contributed by atoms with Crippen LogP contribution >= 0.6 is 0 Å². The van der Waals surface area contributed by atoms with E-state index in [1.165, 1.54) is 0 Å². The molecule has 0 saturated heterocycles. The first-order valence-electron chi connectivity index (χ1n) is 4.30. The second-order valence-corrected chi connectivity index (χ2v) is 3.26. The van der Waals surface area contributed by atoms with Gasteiger partial charge in [-0.1, -0.05) is 12.1 Å². The van der Waals surface area contributed by atoms with E-state index in [9.17, 15) is 4.79 Å². The van der Waals surface area contributed by atoms with Gasteiger partial charge in [0.25, 0.3) is 0 Å². The molecule has 0 amide bonds. The number of nitrogens with two attached hydrogens (primary N) is 1. The molecule has 1 aromatic rings. The van der Waals surface area contributed by atoms with E-state index in [-0.39, 0.29) is 6.54 Å². The number of aryl methyl sites for hydroxylation is 1. The van der Waals surface area contributed by atoms with Crippen molar-refractivity contribution in [2.75, 3.05) is 24.2 Å². The van der Waals surface area contributed by atoms with Crippen molar-refractivity contribution in [2.24, 2.45) is 0 Å². The zero-order valence-corrected chi connectivity index (χ0v) is 8.32. The van der Waals surface area contributed by atoms with Crippen LogP contribution in [0.15, 0.2) is 18.2 Å². The highest BCUT2D eigenvalue weighted by atomic mass is 16.4. The lowest BCUT2D eigenvalue weighted by Gasteiger charge is -2.20. The molecule has 0 aliphatic heterocycles.